The Balaban J connectivity index is 3.33. The van der Waals surface area contributed by atoms with Crippen LogP contribution in [-0.2, 0) is 4.74 Å². The number of nitriles is 1. The molecule has 0 N–H and O–H groups in total. The van der Waals surface area contributed by atoms with Gasteiger partial charge in [-0.15, -0.1) is 0 Å². The Morgan fingerprint density at radius 2 is 2.33 bits per heavy atom. The second kappa shape index (κ2) is 5.07. The average molecular weight is 319 g/mol. The molecule has 3 nitrogen and oxygen atoms in total. The van der Waals surface area contributed by atoms with Gasteiger partial charge in [-0.2, -0.15) is 5.26 Å². The summed E-state index contributed by atoms with van der Waals surface area (Å²) in [6.45, 7) is 1.84. The summed E-state index contributed by atoms with van der Waals surface area (Å²) in [5, 5.41) is 8.74. The molecule has 0 saturated carbocycles. The summed E-state index contributed by atoms with van der Waals surface area (Å²) in [5.41, 5.74) is -0.264. The van der Waals surface area contributed by atoms with Crippen LogP contribution >= 0.6 is 22.6 Å². The van der Waals surface area contributed by atoms with Crippen LogP contribution in [0.25, 0.3) is 0 Å². The molecule has 0 radical (unpaired) electrons. The van der Waals surface area contributed by atoms with Crippen LogP contribution < -0.4 is 0 Å². The quantitative estimate of drug-likeness (QED) is 0.622. The molecule has 0 spiro atoms. The molecule has 0 fully saturated rings. The summed E-state index contributed by atoms with van der Waals surface area (Å²) in [6, 6.07) is 4.25. The normalized spacial score (nSPS) is 9.47. The smallest absolute Gasteiger partial charge is 0.340 e. The fourth-order valence-corrected chi connectivity index (χ4v) is 1.73. The Morgan fingerprint density at radius 3 is 2.87 bits per heavy atom. The molecule has 0 aliphatic carbocycles. The van der Waals surface area contributed by atoms with E-state index in [1.54, 1.807) is 13.0 Å². The minimum atomic E-state index is -0.707. The third-order valence-electron chi connectivity index (χ3n) is 1.70. The lowest BCUT2D eigenvalue weighted by Crippen LogP contribution is -2.10. The lowest BCUT2D eigenvalue weighted by molar-refractivity contribution is 0.0524. The summed E-state index contributed by atoms with van der Waals surface area (Å²) in [6.07, 6.45) is 0. The fraction of sp³-hybridized carbons (Fsp3) is 0.200. The molecule has 0 aliphatic heterocycles. The highest BCUT2D eigenvalue weighted by molar-refractivity contribution is 14.1. The van der Waals surface area contributed by atoms with Gasteiger partial charge in [0, 0.05) is 3.57 Å². The van der Waals surface area contributed by atoms with E-state index in [1.165, 1.54) is 6.07 Å². The second-order valence-electron chi connectivity index (χ2n) is 2.61. The Morgan fingerprint density at radius 1 is 1.67 bits per heavy atom. The van der Waals surface area contributed by atoms with Crippen LogP contribution in [0.1, 0.15) is 22.8 Å². The minimum Gasteiger partial charge on any atom is -0.462 e. The van der Waals surface area contributed by atoms with Crippen molar-refractivity contribution < 1.29 is 13.9 Å². The van der Waals surface area contributed by atoms with Crippen molar-refractivity contribution in [1.29, 1.82) is 5.26 Å². The van der Waals surface area contributed by atoms with Gasteiger partial charge in [0.05, 0.1) is 12.2 Å². The molecule has 1 rings (SSSR count). The van der Waals surface area contributed by atoms with E-state index in [2.05, 4.69) is 0 Å². The zero-order chi connectivity index (χ0) is 11.4. The SMILES string of the molecule is CCOC(=O)c1c(I)ccc(F)c1C#N. The number of hydrogen-bond acceptors (Lipinski definition) is 3. The number of halogens is 2. The van der Waals surface area contributed by atoms with Crippen LogP contribution in [0, 0.1) is 20.7 Å². The Labute approximate surface area is 100.0 Å². The number of benzene rings is 1. The molecular weight excluding hydrogens is 312 g/mol. The molecule has 1 aromatic rings. The van der Waals surface area contributed by atoms with Crippen LogP contribution in [0.5, 0.6) is 0 Å². The van der Waals surface area contributed by atoms with E-state index < -0.39 is 11.8 Å². The van der Waals surface area contributed by atoms with E-state index in [0.717, 1.165) is 6.07 Å². The van der Waals surface area contributed by atoms with Gasteiger partial charge in [-0.1, -0.05) is 0 Å². The molecule has 0 heterocycles. The maximum absolute atomic E-state index is 13.2. The van der Waals surface area contributed by atoms with Gasteiger partial charge in [0.25, 0.3) is 0 Å². The summed E-state index contributed by atoms with van der Waals surface area (Å²) < 4.78 is 18.4. The molecule has 0 amide bonds. The monoisotopic (exact) mass is 319 g/mol. The van der Waals surface area contributed by atoms with E-state index in [9.17, 15) is 9.18 Å². The molecule has 0 aromatic heterocycles. The number of esters is 1. The average Bonchev–Trinajstić information content (AvgIpc) is 2.21. The third-order valence-corrected chi connectivity index (χ3v) is 2.59. The Hall–Kier alpha value is -1.16. The van der Waals surface area contributed by atoms with Gasteiger partial charge in [-0.25, -0.2) is 9.18 Å². The summed E-state index contributed by atoms with van der Waals surface area (Å²) in [5.74, 6) is -1.38. The van der Waals surface area contributed by atoms with Crippen molar-refractivity contribution in [2.75, 3.05) is 6.61 Å². The van der Waals surface area contributed by atoms with Crippen LogP contribution in [-0.4, -0.2) is 12.6 Å². The molecule has 1 aromatic carbocycles. The lowest BCUT2D eigenvalue weighted by atomic mass is 10.1. The van der Waals surface area contributed by atoms with Crippen LogP contribution in [0.3, 0.4) is 0 Å². The van der Waals surface area contributed by atoms with Crippen molar-refractivity contribution >= 4 is 28.6 Å². The number of rotatable bonds is 2. The highest BCUT2D eigenvalue weighted by Crippen LogP contribution is 2.20. The standard InChI is InChI=1S/C10H7FINO2/c1-2-15-10(14)9-6(5-13)7(11)3-4-8(9)12/h3-4H,2H2,1H3. The van der Waals surface area contributed by atoms with E-state index in [1.807, 2.05) is 22.6 Å². The molecular formula is C10H7FINO2. The second-order valence-corrected chi connectivity index (χ2v) is 3.77. The first kappa shape index (κ1) is 11.9. The highest BCUT2D eigenvalue weighted by atomic mass is 127. The van der Waals surface area contributed by atoms with E-state index in [0.29, 0.717) is 3.57 Å². The first-order valence-electron chi connectivity index (χ1n) is 4.17. The number of hydrogen-bond donors (Lipinski definition) is 0. The Kier molecular flexibility index (Phi) is 4.03. The summed E-state index contributed by atoms with van der Waals surface area (Å²) >= 11 is 1.86. The van der Waals surface area contributed by atoms with Gasteiger partial charge >= 0.3 is 5.97 Å². The Bertz CT molecular complexity index is 440. The first-order chi connectivity index (χ1) is 7.11. The largest absolute Gasteiger partial charge is 0.462 e. The van der Waals surface area contributed by atoms with Crippen LogP contribution in [0.2, 0.25) is 0 Å². The minimum absolute atomic E-state index is 0.0000463. The van der Waals surface area contributed by atoms with Crippen LogP contribution in [0.15, 0.2) is 12.1 Å². The number of nitrogens with zero attached hydrogens (tertiary/aromatic N) is 1. The number of ether oxygens (including phenoxy) is 1. The van der Waals surface area contributed by atoms with E-state index in [4.69, 9.17) is 10.00 Å². The van der Waals surface area contributed by atoms with E-state index >= 15 is 0 Å². The molecule has 5 heteroatoms. The third kappa shape index (κ3) is 2.45. The van der Waals surface area contributed by atoms with Crippen molar-refractivity contribution in [3.05, 3.63) is 32.6 Å². The van der Waals surface area contributed by atoms with Crippen LogP contribution in [0.4, 0.5) is 4.39 Å². The predicted molar refractivity (Wildman–Crippen MR) is 59.8 cm³/mol. The summed E-state index contributed by atoms with van der Waals surface area (Å²) in [7, 11) is 0. The van der Waals surface area contributed by atoms with Gasteiger partial charge < -0.3 is 4.74 Å². The number of carbonyl (C=O) groups is 1. The summed E-state index contributed by atoms with van der Waals surface area (Å²) in [4.78, 5) is 11.5. The molecule has 0 bridgehead atoms. The van der Waals surface area contributed by atoms with Gasteiger partial charge in [0.2, 0.25) is 0 Å². The zero-order valence-electron chi connectivity index (χ0n) is 7.88. The molecule has 0 unspecified atom stereocenters. The van der Waals surface area contributed by atoms with Crippen molar-refractivity contribution in [2.45, 2.75) is 6.92 Å². The van der Waals surface area contributed by atoms with Crippen molar-refractivity contribution in [2.24, 2.45) is 0 Å². The molecule has 78 valence electrons. The molecule has 0 saturated heterocycles. The van der Waals surface area contributed by atoms with Gasteiger partial charge in [-0.05, 0) is 41.6 Å². The maximum Gasteiger partial charge on any atom is 0.340 e. The van der Waals surface area contributed by atoms with Gasteiger partial charge in [0.1, 0.15) is 17.4 Å². The predicted octanol–water partition coefficient (Wildman–Crippen LogP) is 2.48. The van der Waals surface area contributed by atoms with Gasteiger partial charge in [-0.3, -0.25) is 0 Å². The lowest BCUT2D eigenvalue weighted by Gasteiger charge is -2.06. The van der Waals surface area contributed by atoms with E-state index in [-0.39, 0.29) is 17.7 Å². The van der Waals surface area contributed by atoms with Crippen molar-refractivity contribution in [3.63, 3.8) is 0 Å². The van der Waals surface area contributed by atoms with Crippen molar-refractivity contribution in [1.82, 2.24) is 0 Å². The molecule has 15 heavy (non-hydrogen) atoms. The topological polar surface area (TPSA) is 50.1 Å². The highest BCUT2D eigenvalue weighted by Gasteiger charge is 2.19. The first-order valence-corrected chi connectivity index (χ1v) is 5.25. The molecule has 0 atom stereocenters. The zero-order valence-corrected chi connectivity index (χ0v) is 10.0. The maximum atomic E-state index is 13.2. The molecule has 0 aliphatic rings. The van der Waals surface area contributed by atoms with Gasteiger partial charge in [0.15, 0.2) is 0 Å². The number of carbonyl (C=O) groups excluding carboxylic acids is 1. The van der Waals surface area contributed by atoms with Crippen molar-refractivity contribution in [3.8, 4) is 6.07 Å². The fourth-order valence-electron chi connectivity index (χ4n) is 1.06.